The van der Waals surface area contributed by atoms with Crippen molar-refractivity contribution in [3.63, 3.8) is 0 Å². The van der Waals surface area contributed by atoms with Gasteiger partial charge >= 0.3 is 0 Å². The van der Waals surface area contributed by atoms with E-state index in [1.54, 1.807) is 37.8 Å². The van der Waals surface area contributed by atoms with Gasteiger partial charge in [-0.15, -0.1) is 0 Å². The lowest BCUT2D eigenvalue weighted by atomic mass is 10.1. The molecule has 0 aliphatic heterocycles. The van der Waals surface area contributed by atoms with E-state index in [1.807, 2.05) is 30.3 Å². The molecule has 1 aromatic heterocycles. The molecule has 0 atom stereocenters. The fraction of sp³-hybridized carbons (Fsp3) is 0.273. The Morgan fingerprint density at radius 3 is 2.03 bits per heavy atom. The molecule has 3 aromatic rings. The zero-order valence-corrected chi connectivity index (χ0v) is 17.9. The Morgan fingerprint density at radius 2 is 1.53 bits per heavy atom. The number of hydrogen-bond acceptors (Lipinski definition) is 5. The number of carbonyl (C=O) groups is 1. The summed E-state index contributed by atoms with van der Waals surface area (Å²) in [6.45, 7) is 1.80. The van der Waals surface area contributed by atoms with Gasteiger partial charge in [-0.3, -0.25) is 14.3 Å². The maximum Gasteiger partial charge on any atom is 0.295 e. The first-order valence-corrected chi connectivity index (χ1v) is 9.27. The summed E-state index contributed by atoms with van der Waals surface area (Å²) in [7, 11) is 7.81. The van der Waals surface area contributed by atoms with Crippen molar-refractivity contribution in [1.29, 1.82) is 0 Å². The second-order valence-electron chi connectivity index (χ2n) is 6.69. The lowest BCUT2D eigenvalue weighted by molar-refractivity contribution is 0.0992. The van der Waals surface area contributed by atoms with E-state index in [0.29, 0.717) is 39.9 Å². The predicted octanol–water partition coefficient (Wildman–Crippen LogP) is 2.79. The molecule has 3 rings (SSSR count). The molecule has 0 aliphatic carbocycles. The van der Waals surface area contributed by atoms with Gasteiger partial charge in [-0.05, 0) is 31.2 Å². The highest BCUT2D eigenvalue weighted by Crippen LogP contribution is 2.38. The van der Waals surface area contributed by atoms with Gasteiger partial charge in [0.25, 0.3) is 11.5 Å². The van der Waals surface area contributed by atoms with Crippen molar-refractivity contribution in [2.45, 2.75) is 6.92 Å². The van der Waals surface area contributed by atoms with Crippen molar-refractivity contribution in [2.75, 3.05) is 33.3 Å². The minimum atomic E-state index is -0.375. The van der Waals surface area contributed by atoms with Gasteiger partial charge in [-0.2, -0.15) is 0 Å². The van der Waals surface area contributed by atoms with E-state index in [0.717, 1.165) is 0 Å². The highest BCUT2D eigenvalue weighted by Gasteiger charge is 2.26. The Balaban J connectivity index is 2.09. The molecule has 0 aliphatic rings. The summed E-state index contributed by atoms with van der Waals surface area (Å²) in [6, 6.07) is 12.4. The zero-order valence-electron chi connectivity index (χ0n) is 17.9. The number of benzene rings is 2. The third-order valence-electron chi connectivity index (χ3n) is 5.08. The first-order chi connectivity index (χ1) is 14.3. The largest absolute Gasteiger partial charge is 0.493 e. The molecule has 2 aromatic carbocycles. The summed E-state index contributed by atoms with van der Waals surface area (Å²) in [4.78, 5) is 27.8. The van der Waals surface area contributed by atoms with Crippen LogP contribution in [0.2, 0.25) is 0 Å². The van der Waals surface area contributed by atoms with Gasteiger partial charge in [-0.1, -0.05) is 18.2 Å². The molecule has 158 valence electrons. The minimum Gasteiger partial charge on any atom is -0.493 e. The van der Waals surface area contributed by atoms with Gasteiger partial charge in [0.2, 0.25) is 5.75 Å². The van der Waals surface area contributed by atoms with Gasteiger partial charge in [0.1, 0.15) is 5.69 Å². The van der Waals surface area contributed by atoms with Gasteiger partial charge in [0.05, 0.1) is 32.7 Å². The normalized spacial score (nSPS) is 10.6. The molecule has 0 radical (unpaired) electrons. The molecule has 8 heteroatoms. The lowest BCUT2D eigenvalue weighted by Crippen LogP contribution is -2.31. The molecule has 30 heavy (non-hydrogen) atoms. The first-order valence-electron chi connectivity index (χ1n) is 9.27. The average molecular weight is 411 g/mol. The summed E-state index contributed by atoms with van der Waals surface area (Å²) in [5, 5.41) is 0. The summed E-state index contributed by atoms with van der Waals surface area (Å²) in [5.41, 5.74) is 1.69. The Labute approximate surface area is 174 Å². The van der Waals surface area contributed by atoms with Gasteiger partial charge < -0.3 is 19.1 Å². The summed E-state index contributed by atoms with van der Waals surface area (Å²) < 4.78 is 19.2. The SMILES string of the molecule is COc1cc(C(=O)N(C)c2c(C)n(C)n(-c3ccccc3)c2=O)cc(OC)c1OC. The molecule has 8 nitrogen and oxygen atoms in total. The van der Waals surface area contributed by atoms with Crippen LogP contribution in [-0.2, 0) is 7.05 Å². The van der Waals surface area contributed by atoms with Crippen molar-refractivity contribution in [1.82, 2.24) is 9.36 Å². The molecule has 0 saturated heterocycles. The summed E-state index contributed by atoms with van der Waals surface area (Å²) >= 11 is 0. The second-order valence-corrected chi connectivity index (χ2v) is 6.69. The molecule has 0 unspecified atom stereocenters. The molecular weight excluding hydrogens is 386 g/mol. The van der Waals surface area contributed by atoms with Crippen LogP contribution in [0.5, 0.6) is 17.2 Å². The molecule has 1 heterocycles. The van der Waals surface area contributed by atoms with Crippen LogP contribution >= 0.6 is 0 Å². The van der Waals surface area contributed by atoms with Crippen molar-refractivity contribution in [3.8, 4) is 22.9 Å². The number of para-hydroxylation sites is 1. The number of ether oxygens (including phenoxy) is 3. The Bertz CT molecular complexity index is 1110. The van der Waals surface area contributed by atoms with E-state index in [4.69, 9.17) is 14.2 Å². The quantitative estimate of drug-likeness (QED) is 0.624. The van der Waals surface area contributed by atoms with Crippen molar-refractivity contribution < 1.29 is 19.0 Å². The zero-order chi connectivity index (χ0) is 22.0. The molecule has 0 N–H and O–H groups in total. The standard InChI is InChI=1S/C22H25N3O5/c1-14-19(22(27)25(24(14)3)16-10-8-7-9-11-16)23(2)21(26)15-12-17(28-4)20(30-6)18(13-15)29-5/h7-13H,1-6H3. The van der Waals surface area contributed by atoms with Crippen LogP contribution in [0.25, 0.3) is 5.69 Å². The Morgan fingerprint density at radius 1 is 0.967 bits per heavy atom. The Hall–Kier alpha value is -3.68. The monoisotopic (exact) mass is 411 g/mol. The number of carbonyl (C=O) groups excluding carboxylic acids is 1. The van der Waals surface area contributed by atoms with E-state index in [-0.39, 0.29) is 11.5 Å². The van der Waals surface area contributed by atoms with Crippen molar-refractivity contribution >= 4 is 11.6 Å². The van der Waals surface area contributed by atoms with Crippen LogP contribution in [0.15, 0.2) is 47.3 Å². The fourth-order valence-electron chi connectivity index (χ4n) is 3.44. The van der Waals surface area contributed by atoms with E-state index < -0.39 is 0 Å². The van der Waals surface area contributed by atoms with Crippen LogP contribution in [0.1, 0.15) is 16.1 Å². The summed E-state index contributed by atoms with van der Waals surface area (Å²) in [6.07, 6.45) is 0. The molecule has 0 bridgehead atoms. The van der Waals surface area contributed by atoms with Gasteiger partial charge in [0.15, 0.2) is 11.5 Å². The number of amides is 1. The fourth-order valence-corrected chi connectivity index (χ4v) is 3.44. The number of aromatic nitrogens is 2. The highest BCUT2D eigenvalue weighted by molar-refractivity contribution is 6.06. The van der Waals surface area contributed by atoms with Crippen LogP contribution in [0.4, 0.5) is 5.69 Å². The Kier molecular flexibility index (Phi) is 5.86. The van der Waals surface area contributed by atoms with Crippen LogP contribution in [0, 0.1) is 6.92 Å². The number of methoxy groups -OCH3 is 3. The van der Waals surface area contributed by atoms with Crippen molar-refractivity contribution in [2.24, 2.45) is 7.05 Å². The van der Waals surface area contributed by atoms with E-state index in [1.165, 1.54) is 30.9 Å². The van der Waals surface area contributed by atoms with Crippen LogP contribution < -0.4 is 24.7 Å². The molecular formula is C22H25N3O5. The molecule has 1 amide bonds. The predicted molar refractivity (Wildman–Crippen MR) is 115 cm³/mol. The third kappa shape index (κ3) is 3.41. The molecule has 0 fully saturated rings. The lowest BCUT2D eigenvalue weighted by Gasteiger charge is -2.18. The smallest absolute Gasteiger partial charge is 0.295 e. The van der Waals surface area contributed by atoms with Gasteiger partial charge in [0, 0.05) is 19.7 Å². The third-order valence-corrected chi connectivity index (χ3v) is 5.08. The average Bonchev–Trinajstić information content (AvgIpc) is 3.00. The van der Waals surface area contributed by atoms with Crippen molar-refractivity contribution in [3.05, 3.63) is 64.1 Å². The maximum absolute atomic E-state index is 13.3. The number of nitrogens with zero attached hydrogens (tertiary/aromatic N) is 3. The van der Waals surface area contributed by atoms with Gasteiger partial charge in [-0.25, -0.2) is 4.68 Å². The first kappa shape index (κ1) is 21.0. The van der Waals surface area contributed by atoms with E-state index in [2.05, 4.69) is 0 Å². The number of rotatable bonds is 6. The van der Waals surface area contributed by atoms with E-state index >= 15 is 0 Å². The molecule has 0 saturated carbocycles. The number of hydrogen-bond donors (Lipinski definition) is 0. The second kappa shape index (κ2) is 8.36. The topological polar surface area (TPSA) is 74.9 Å². The maximum atomic E-state index is 13.3. The minimum absolute atomic E-state index is 0.288. The van der Waals surface area contributed by atoms with E-state index in [9.17, 15) is 9.59 Å². The molecule has 0 spiro atoms. The summed E-state index contributed by atoms with van der Waals surface area (Å²) in [5.74, 6) is 0.738. The van der Waals surface area contributed by atoms with Crippen LogP contribution in [-0.4, -0.2) is 43.6 Å². The van der Waals surface area contributed by atoms with Crippen LogP contribution in [0.3, 0.4) is 0 Å². The number of anilines is 1. The highest BCUT2D eigenvalue weighted by atomic mass is 16.5.